The maximum Gasteiger partial charge on any atom is 0.248 e. The van der Waals surface area contributed by atoms with Gasteiger partial charge in [-0.15, -0.1) is 0 Å². The molecule has 0 bridgehead atoms. The number of unbranched alkanes of at least 4 members (excludes halogenated alkanes) is 1. The Kier molecular flexibility index (Phi) is 10.4. The Bertz CT molecular complexity index is 177. The lowest BCUT2D eigenvalue weighted by Gasteiger charge is -2.15. The molecule has 0 aromatic carbocycles. The molecule has 0 saturated carbocycles. The van der Waals surface area contributed by atoms with Crippen LogP contribution in [0.15, 0.2) is 0 Å². The topological polar surface area (TPSA) is 76.4 Å². The lowest BCUT2D eigenvalue weighted by atomic mass is 10.1. The Morgan fingerprint density at radius 2 is 2.12 bits per heavy atom. The highest BCUT2D eigenvalue weighted by atomic mass is 16.6. The molecule has 0 rings (SSSR count). The van der Waals surface area contributed by atoms with Crippen LogP contribution in [0.3, 0.4) is 0 Å². The van der Waals surface area contributed by atoms with Gasteiger partial charge in [0.1, 0.15) is 6.61 Å². The second-order valence-corrected chi connectivity index (χ2v) is 3.78. The molecular weight excluding hydrogens is 206 g/mol. The molecule has 16 heavy (non-hydrogen) atoms. The van der Waals surface area contributed by atoms with Crippen molar-refractivity contribution in [1.29, 1.82) is 0 Å². The highest BCUT2D eigenvalue weighted by Crippen LogP contribution is 2.05. The van der Waals surface area contributed by atoms with Crippen molar-refractivity contribution in [3.63, 3.8) is 0 Å². The van der Waals surface area contributed by atoms with Crippen molar-refractivity contribution in [2.45, 2.75) is 38.1 Å². The second-order valence-electron chi connectivity index (χ2n) is 3.78. The average molecular weight is 230 g/mol. The van der Waals surface area contributed by atoms with Crippen LogP contribution in [-0.4, -0.2) is 32.1 Å². The van der Waals surface area contributed by atoms with Gasteiger partial charge in [-0.05, 0) is 26.3 Å². The first-order valence-electron chi connectivity index (χ1n) is 5.79. The van der Waals surface area contributed by atoms with Gasteiger partial charge in [0.05, 0.1) is 0 Å². The first-order chi connectivity index (χ1) is 7.74. The molecule has 0 aliphatic heterocycles. The van der Waals surface area contributed by atoms with Crippen LogP contribution in [0.5, 0.6) is 0 Å². The van der Waals surface area contributed by atoms with E-state index in [1.54, 1.807) is 0 Å². The molecule has 0 aromatic heterocycles. The smallest absolute Gasteiger partial charge is 0.248 e. The van der Waals surface area contributed by atoms with Gasteiger partial charge in [-0.3, -0.25) is 9.63 Å². The molecule has 1 unspecified atom stereocenters. The van der Waals surface area contributed by atoms with Crippen molar-refractivity contribution in [2.24, 2.45) is 5.90 Å². The molecule has 0 fully saturated rings. The van der Waals surface area contributed by atoms with E-state index in [0.717, 1.165) is 32.1 Å². The summed E-state index contributed by atoms with van der Waals surface area (Å²) in [7, 11) is 1.97. The van der Waals surface area contributed by atoms with Gasteiger partial charge < -0.3 is 10.6 Å². The van der Waals surface area contributed by atoms with Crippen LogP contribution in [0.4, 0.5) is 0 Å². The lowest BCUT2D eigenvalue weighted by molar-refractivity contribution is -0.125. The Balaban J connectivity index is 3.43. The quantitative estimate of drug-likeness (QED) is 0.374. The Morgan fingerprint density at radius 1 is 1.44 bits per heavy atom. The maximum absolute atomic E-state index is 11.0. The first-order valence-corrected chi connectivity index (χ1v) is 5.79. The predicted molar refractivity (Wildman–Crippen MR) is 64.4 cm³/mol. The summed E-state index contributed by atoms with van der Waals surface area (Å²) in [5, 5.41) is 6.00. The first kappa shape index (κ1) is 15.3. The zero-order valence-electron chi connectivity index (χ0n) is 10.1. The number of hydrogen-bond donors (Lipinski definition) is 3. The molecule has 0 aromatic rings. The monoisotopic (exact) mass is 230 g/mol. The molecule has 0 aliphatic rings. The Morgan fingerprint density at radius 3 is 2.69 bits per heavy atom. The van der Waals surface area contributed by atoms with Crippen LogP contribution in [0.2, 0.25) is 0 Å². The van der Waals surface area contributed by atoms with Crippen molar-refractivity contribution < 1.29 is 9.63 Å². The van der Waals surface area contributed by atoms with Crippen molar-refractivity contribution in [3.05, 3.63) is 6.92 Å². The van der Waals surface area contributed by atoms with Gasteiger partial charge in [0.25, 0.3) is 0 Å². The molecule has 4 N–H and O–H groups in total. The summed E-state index contributed by atoms with van der Waals surface area (Å²) < 4.78 is 0. The van der Waals surface area contributed by atoms with E-state index in [0.29, 0.717) is 12.6 Å². The third-order valence-electron chi connectivity index (χ3n) is 2.48. The van der Waals surface area contributed by atoms with E-state index in [2.05, 4.69) is 22.4 Å². The molecule has 5 heteroatoms. The standard InChI is InChI=1S/C11H24N3O2/c1-3-4-6-10(13-2)7-5-8-14-11(15)9-16-12/h10,13H,1,3-9,12H2,2H3,(H,14,15). The minimum absolute atomic E-state index is 0.0725. The molecule has 0 spiro atoms. The number of nitrogens with two attached hydrogens (primary N) is 1. The number of carbonyl (C=O) groups is 1. The predicted octanol–water partition coefficient (Wildman–Crippen LogP) is 0.365. The van der Waals surface area contributed by atoms with Gasteiger partial charge in [0.15, 0.2) is 0 Å². The normalized spacial score (nSPS) is 12.4. The number of rotatable bonds is 10. The largest absolute Gasteiger partial charge is 0.354 e. The molecule has 5 nitrogen and oxygen atoms in total. The Hall–Kier alpha value is -0.650. The van der Waals surface area contributed by atoms with Gasteiger partial charge >= 0.3 is 0 Å². The molecule has 0 saturated heterocycles. The molecule has 1 amide bonds. The highest BCUT2D eigenvalue weighted by Gasteiger charge is 2.05. The highest BCUT2D eigenvalue weighted by molar-refractivity contribution is 5.77. The number of amides is 1. The number of nitrogens with one attached hydrogen (secondary N) is 2. The zero-order valence-corrected chi connectivity index (χ0v) is 10.1. The van der Waals surface area contributed by atoms with Gasteiger partial charge in [0, 0.05) is 12.6 Å². The van der Waals surface area contributed by atoms with E-state index in [-0.39, 0.29) is 12.5 Å². The third kappa shape index (κ3) is 8.64. The van der Waals surface area contributed by atoms with Gasteiger partial charge in [0.2, 0.25) is 5.91 Å². The van der Waals surface area contributed by atoms with Crippen molar-refractivity contribution in [2.75, 3.05) is 20.2 Å². The lowest BCUT2D eigenvalue weighted by Crippen LogP contribution is -2.31. The van der Waals surface area contributed by atoms with Crippen LogP contribution in [0, 0.1) is 6.92 Å². The molecule has 0 heterocycles. The van der Waals surface area contributed by atoms with Crippen LogP contribution in [-0.2, 0) is 9.63 Å². The second kappa shape index (κ2) is 10.9. The molecule has 1 atom stereocenters. The van der Waals surface area contributed by atoms with Crippen LogP contribution in [0.1, 0.15) is 32.1 Å². The molecular formula is C11H24N3O2. The van der Waals surface area contributed by atoms with Crippen LogP contribution >= 0.6 is 0 Å². The minimum atomic E-state index is -0.165. The summed E-state index contributed by atoms with van der Waals surface area (Å²) >= 11 is 0. The van der Waals surface area contributed by atoms with Crippen molar-refractivity contribution in [3.8, 4) is 0 Å². The van der Waals surface area contributed by atoms with E-state index in [9.17, 15) is 4.79 Å². The summed E-state index contributed by atoms with van der Waals surface area (Å²) in [5.74, 6) is 4.62. The fourth-order valence-corrected chi connectivity index (χ4v) is 1.53. The van der Waals surface area contributed by atoms with E-state index in [1.165, 1.54) is 0 Å². The molecule has 95 valence electrons. The van der Waals surface area contributed by atoms with Crippen molar-refractivity contribution in [1.82, 2.24) is 10.6 Å². The Labute approximate surface area is 98.1 Å². The fraction of sp³-hybridized carbons (Fsp3) is 0.818. The van der Waals surface area contributed by atoms with Crippen molar-refractivity contribution >= 4 is 5.91 Å². The number of carbonyl (C=O) groups excluding carboxylic acids is 1. The van der Waals surface area contributed by atoms with E-state index < -0.39 is 0 Å². The van der Waals surface area contributed by atoms with Crippen LogP contribution < -0.4 is 16.5 Å². The third-order valence-corrected chi connectivity index (χ3v) is 2.48. The number of hydrogen-bond acceptors (Lipinski definition) is 4. The van der Waals surface area contributed by atoms with E-state index in [4.69, 9.17) is 5.90 Å². The van der Waals surface area contributed by atoms with E-state index in [1.807, 2.05) is 7.05 Å². The van der Waals surface area contributed by atoms with E-state index >= 15 is 0 Å². The van der Waals surface area contributed by atoms with Crippen LogP contribution in [0.25, 0.3) is 0 Å². The minimum Gasteiger partial charge on any atom is -0.354 e. The summed E-state index contributed by atoms with van der Waals surface area (Å²) in [6.07, 6.45) is 5.26. The molecule has 0 aliphatic carbocycles. The SMILES string of the molecule is [CH2]CCCC(CCCNC(=O)CON)NC. The fourth-order valence-electron chi connectivity index (χ4n) is 1.53. The molecule has 1 radical (unpaired) electrons. The summed E-state index contributed by atoms with van der Waals surface area (Å²) in [4.78, 5) is 15.2. The van der Waals surface area contributed by atoms with Gasteiger partial charge in [-0.1, -0.05) is 19.8 Å². The zero-order chi connectivity index (χ0) is 12.2. The maximum atomic E-state index is 11.0. The average Bonchev–Trinajstić information content (AvgIpc) is 2.28. The van der Waals surface area contributed by atoms with Gasteiger partial charge in [-0.25, -0.2) is 5.90 Å². The summed E-state index contributed by atoms with van der Waals surface area (Å²) in [6.45, 7) is 4.42. The summed E-state index contributed by atoms with van der Waals surface area (Å²) in [6, 6.07) is 0.518. The van der Waals surface area contributed by atoms with Gasteiger partial charge in [-0.2, -0.15) is 0 Å². The summed E-state index contributed by atoms with van der Waals surface area (Å²) in [5.41, 5.74) is 0.